The molecule has 20 heavy (non-hydrogen) atoms. The number of ether oxygens (including phenoxy) is 1. The molecule has 0 fully saturated rings. The fourth-order valence-corrected chi connectivity index (χ4v) is 1.90. The van der Waals surface area contributed by atoms with Gasteiger partial charge < -0.3 is 10.5 Å². The average Bonchev–Trinajstić information content (AvgIpc) is 2.35. The van der Waals surface area contributed by atoms with Crippen LogP contribution >= 0.6 is 12.4 Å². The van der Waals surface area contributed by atoms with Crippen LogP contribution in [-0.2, 0) is 9.53 Å². The minimum absolute atomic E-state index is 0. The van der Waals surface area contributed by atoms with E-state index in [2.05, 4.69) is 0 Å². The zero-order valence-corrected chi connectivity index (χ0v) is 12.7. The summed E-state index contributed by atoms with van der Waals surface area (Å²) in [5, 5.41) is 2.20. The summed E-state index contributed by atoms with van der Waals surface area (Å²) in [6, 6.07) is 13.0. The second-order valence-electron chi connectivity index (χ2n) is 5.62. The predicted octanol–water partition coefficient (Wildman–Crippen LogP) is 3.60. The van der Waals surface area contributed by atoms with Crippen LogP contribution in [0.15, 0.2) is 42.5 Å². The molecule has 0 aliphatic rings. The highest BCUT2D eigenvalue weighted by atomic mass is 35.5. The molecule has 0 aliphatic heterocycles. The Kier molecular flexibility index (Phi) is 5.15. The highest BCUT2D eigenvalue weighted by Crippen LogP contribution is 2.21. The van der Waals surface area contributed by atoms with Crippen molar-refractivity contribution >= 4 is 29.1 Å². The molecule has 0 bridgehead atoms. The Labute approximate surface area is 125 Å². The summed E-state index contributed by atoms with van der Waals surface area (Å²) in [6.45, 7) is 5.49. The average molecular weight is 294 g/mol. The number of carbonyl (C=O) groups excluding carboxylic acids is 1. The molecule has 0 heterocycles. The van der Waals surface area contributed by atoms with Crippen molar-refractivity contribution in [2.24, 2.45) is 5.73 Å². The van der Waals surface area contributed by atoms with Crippen LogP contribution < -0.4 is 5.73 Å². The molecule has 0 saturated carbocycles. The predicted molar refractivity (Wildman–Crippen MR) is 84.0 cm³/mol. The maximum absolute atomic E-state index is 11.9. The smallest absolute Gasteiger partial charge is 0.328 e. The van der Waals surface area contributed by atoms with Crippen molar-refractivity contribution in [2.75, 3.05) is 0 Å². The molecule has 0 aliphatic carbocycles. The van der Waals surface area contributed by atoms with E-state index in [1.807, 2.05) is 63.2 Å². The second kappa shape index (κ2) is 6.25. The molecule has 2 aromatic carbocycles. The number of fused-ring (bicyclic) bond motifs is 1. The van der Waals surface area contributed by atoms with Gasteiger partial charge in [-0.3, -0.25) is 0 Å². The van der Waals surface area contributed by atoms with Gasteiger partial charge in [-0.25, -0.2) is 4.79 Å². The van der Waals surface area contributed by atoms with Crippen LogP contribution in [0.5, 0.6) is 0 Å². The summed E-state index contributed by atoms with van der Waals surface area (Å²) in [5.74, 6) is -0.400. The normalized spacial score (nSPS) is 12.6. The zero-order valence-electron chi connectivity index (χ0n) is 11.9. The van der Waals surface area contributed by atoms with E-state index in [1.54, 1.807) is 0 Å². The molecule has 4 heteroatoms. The highest BCUT2D eigenvalue weighted by molar-refractivity contribution is 5.86. The first-order valence-corrected chi connectivity index (χ1v) is 6.34. The third kappa shape index (κ3) is 3.95. The lowest BCUT2D eigenvalue weighted by atomic mass is 10.0. The summed E-state index contributed by atoms with van der Waals surface area (Å²) in [4.78, 5) is 11.9. The van der Waals surface area contributed by atoms with Crippen LogP contribution in [0.1, 0.15) is 32.4 Å². The van der Waals surface area contributed by atoms with Gasteiger partial charge in [-0.1, -0.05) is 36.4 Å². The number of nitrogens with two attached hydrogens (primary N) is 1. The number of esters is 1. The van der Waals surface area contributed by atoms with Gasteiger partial charge in [0.2, 0.25) is 0 Å². The molecule has 0 aromatic heterocycles. The van der Waals surface area contributed by atoms with Crippen molar-refractivity contribution < 1.29 is 9.53 Å². The van der Waals surface area contributed by atoms with Gasteiger partial charge in [0.25, 0.3) is 0 Å². The third-order valence-corrected chi connectivity index (χ3v) is 2.79. The Bertz CT molecular complexity index is 605. The Morgan fingerprint density at radius 2 is 1.70 bits per heavy atom. The molecule has 0 saturated heterocycles. The van der Waals surface area contributed by atoms with Gasteiger partial charge in [-0.2, -0.15) is 0 Å². The summed E-state index contributed by atoms with van der Waals surface area (Å²) in [5.41, 5.74) is 6.21. The van der Waals surface area contributed by atoms with Gasteiger partial charge in [0.1, 0.15) is 11.6 Å². The quantitative estimate of drug-likeness (QED) is 0.861. The van der Waals surface area contributed by atoms with Crippen LogP contribution in [0.25, 0.3) is 10.8 Å². The summed E-state index contributed by atoms with van der Waals surface area (Å²) in [7, 11) is 0. The van der Waals surface area contributed by atoms with E-state index in [-0.39, 0.29) is 12.4 Å². The number of hydrogen-bond acceptors (Lipinski definition) is 3. The van der Waals surface area contributed by atoms with E-state index < -0.39 is 17.6 Å². The molecule has 3 nitrogen and oxygen atoms in total. The van der Waals surface area contributed by atoms with Crippen molar-refractivity contribution in [1.82, 2.24) is 0 Å². The molecule has 2 aromatic rings. The first-order chi connectivity index (χ1) is 8.87. The monoisotopic (exact) mass is 293 g/mol. The molecule has 1 unspecified atom stereocenters. The molecular weight excluding hydrogens is 274 g/mol. The SMILES string of the molecule is CC(C)(C)OC(=O)C(N)c1ccc2ccccc2c1.Cl. The maximum Gasteiger partial charge on any atom is 0.328 e. The molecule has 108 valence electrons. The number of carbonyl (C=O) groups is 1. The Hall–Kier alpha value is -1.58. The standard InChI is InChI=1S/C16H19NO2.ClH/c1-16(2,3)19-15(18)14(17)13-9-8-11-6-4-5-7-12(11)10-13;/h4-10,14H,17H2,1-3H3;1H. The van der Waals surface area contributed by atoms with Crippen molar-refractivity contribution in [3.8, 4) is 0 Å². The van der Waals surface area contributed by atoms with Gasteiger partial charge in [0, 0.05) is 0 Å². The van der Waals surface area contributed by atoms with E-state index >= 15 is 0 Å². The van der Waals surface area contributed by atoms with E-state index in [0.29, 0.717) is 0 Å². The zero-order chi connectivity index (χ0) is 14.0. The summed E-state index contributed by atoms with van der Waals surface area (Å²) < 4.78 is 5.30. The van der Waals surface area contributed by atoms with Crippen molar-refractivity contribution in [3.63, 3.8) is 0 Å². The molecule has 2 N–H and O–H groups in total. The van der Waals surface area contributed by atoms with E-state index in [9.17, 15) is 4.79 Å². The van der Waals surface area contributed by atoms with E-state index in [0.717, 1.165) is 16.3 Å². The minimum atomic E-state index is -0.746. The van der Waals surface area contributed by atoms with Crippen LogP contribution in [0.2, 0.25) is 0 Å². The number of rotatable bonds is 2. The van der Waals surface area contributed by atoms with Crippen LogP contribution in [0, 0.1) is 0 Å². The van der Waals surface area contributed by atoms with Gasteiger partial charge in [0.15, 0.2) is 0 Å². The van der Waals surface area contributed by atoms with E-state index in [1.165, 1.54) is 0 Å². The largest absolute Gasteiger partial charge is 0.459 e. The Morgan fingerprint density at radius 1 is 1.10 bits per heavy atom. The fraction of sp³-hybridized carbons (Fsp3) is 0.312. The second-order valence-corrected chi connectivity index (χ2v) is 5.62. The summed E-state index contributed by atoms with van der Waals surface area (Å²) in [6.07, 6.45) is 0. The van der Waals surface area contributed by atoms with Crippen molar-refractivity contribution in [2.45, 2.75) is 32.4 Å². The molecule has 0 amide bonds. The lowest BCUT2D eigenvalue weighted by molar-refractivity contribution is -0.156. The number of hydrogen-bond donors (Lipinski definition) is 1. The minimum Gasteiger partial charge on any atom is -0.459 e. The van der Waals surface area contributed by atoms with E-state index in [4.69, 9.17) is 10.5 Å². The van der Waals surface area contributed by atoms with Crippen LogP contribution in [-0.4, -0.2) is 11.6 Å². The lowest BCUT2D eigenvalue weighted by Gasteiger charge is -2.22. The highest BCUT2D eigenvalue weighted by Gasteiger charge is 2.23. The molecule has 0 radical (unpaired) electrons. The van der Waals surface area contributed by atoms with Gasteiger partial charge >= 0.3 is 5.97 Å². The lowest BCUT2D eigenvalue weighted by Crippen LogP contribution is -2.31. The Morgan fingerprint density at radius 3 is 2.30 bits per heavy atom. The van der Waals surface area contributed by atoms with Crippen LogP contribution in [0.3, 0.4) is 0 Å². The number of benzene rings is 2. The molecule has 2 rings (SSSR count). The molecule has 1 atom stereocenters. The van der Waals surface area contributed by atoms with Crippen molar-refractivity contribution in [3.05, 3.63) is 48.0 Å². The molecular formula is C16H20ClNO2. The molecule has 0 spiro atoms. The first-order valence-electron chi connectivity index (χ1n) is 6.34. The Balaban J connectivity index is 0.00000200. The van der Waals surface area contributed by atoms with Crippen molar-refractivity contribution in [1.29, 1.82) is 0 Å². The number of halogens is 1. The topological polar surface area (TPSA) is 52.3 Å². The van der Waals surface area contributed by atoms with Gasteiger partial charge in [-0.05, 0) is 43.2 Å². The first kappa shape index (κ1) is 16.5. The van der Waals surface area contributed by atoms with Crippen LogP contribution in [0.4, 0.5) is 0 Å². The van der Waals surface area contributed by atoms with Gasteiger partial charge in [0.05, 0.1) is 0 Å². The third-order valence-electron chi connectivity index (χ3n) is 2.79. The summed E-state index contributed by atoms with van der Waals surface area (Å²) >= 11 is 0. The fourth-order valence-electron chi connectivity index (χ4n) is 1.90. The maximum atomic E-state index is 11.9. The van der Waals surface area contributed by atoms with Gasteiger partial charge in [-0.15, -0.1) is 12.4 Å².